The Kier molecular flexibility index (Phi) is 9.72. The molecule has 0 unspecified atom stereocenters. The summed E-state index contributed by atoms with van der Waals surface area (Å²) in [6, 6.07) is 6.18. The summed E-state index contributed by atoms with van der Waals surface area (Å²) < 4.78 is 11.2. The van der Waals surface area contributed by atoms with Gasteiger partial charge in [0.2, 0.25) is 5.91 Å². The van der Waals surface area contributed by atoms with Gasteiger partial charge >= 0.3 is 0 Å². The van der Waals surface area contributed by atoms with Crippen molar-refractivity contribution in [1.29, 1.82) is 0 Å². The fraction of sp³-hybridized carbons (Fsp3) is 0.594. The van der Waals surface area contributed by atoms with Gasteiger partial charge in [0.25, 0.3) is 5.91 Å². The number of hydrogen-bond donors (Lipinski definition) is 2. The van der Waals surface area contributed by atoms with Crippen LogP contribution in [0.5, 0.6) is 5.75 Å². The molecule has 2 fully saturated rings. The normalized spacial score (nSPS) is 18.3. The minimum Gasteiger partial charge on any atom is -0.490 e. The van der Waals surface area contributed by atoms with Gasteiger partial charge in [0.1, 0.15) is 17.9 Å². The number of nitrogens with zero attached hydrogens (tertiary/aromatic N) is 1. The van der Waals surface area contributed by atoms with Crippen LogP contribution in [0, 0.1) is 11.3 Å². The monoisotopic (exact) mass is 551 g/mol. The predicted octanol–water partition coefficient (Wildman–Crippen LogP) is 5.05. The van der Waals surface area contributed by atoms with E-state index in [0.717, 1.165) is 51.7 Å². The minimum absolute atomic E-state index is 0.00245. The van der Waals surface area contributed by atoms with Crippen LogP contribution >= 0.6 is 0 Å². The van der Waals surface area contributed by atoms with Gasteiger partial charge in [-0.15, -0.1) is 0 Å². The second kappa shape index (κ2) is 13.0. The molecule has 0 atom stereocenters. The lowest BCUT2D eigenvalue weighted by molar-refractivity contribution is -0.141. The number of benzene rings is 1. The van der Waals surface area contributed by atoms with Gasteiger partial charge < -0.3 is 24.7 Å². The average Bonchev–Trinajstić information content (AvgIpc) is 2.94. The number of rotatable bonds is 10. The third-order valence-electron chi connectivity index (χ3n) is 8.30. The Labute approximate surface area is 237 Å². The number of carbonyl (C=O) groups excluding carboxylic acids is 2. The van der Waals surface area contributed by atoms with Crippen LogP contribution < -0.4 is 20.8 Å². The highest BCUT2D eigenvalue weighted by Gasteiger charge is 2.48. The molecule has 1 saturated heterocycles. The van der Waals surface area contributed by atoms with Crippen molar-refractivity contribution < 1.29 is 18.7 Å². The summed E-state index contributed by atoms with van der Waals surface area (Å²) in [5.41, 5.74) is -0.458. The van der Waals surface area contributed by atoms with Crippen molar-refractivity contribution in [2.45, 2.75) is 77.7 Å². The van der Waals surface area contributed by atoms with Gasteiger partial charge in [0.05, 0.1) is 10.8 Å². The van der Waals surface area contributed by atoms with Gasteiger partial charge in [-0.05, 0) is 96.6 Å². The zero-order chi connectivity index (χ0) is 28.8. The largest absolute Gasteiger partial charge is 0.490 e. The predicted molar refractivity (Wildman–Crippen MR) is 158 cm³/mol. The van der Waals surface area contributed by atoms with E-state index in [1.54, 1.807) is 24.3 Å². The van der Waals surface area contributed by atoms with Crippen LogP contribution in [0.4, 0.5) is 0 Å². The summed E-state index contributed by atoms with van der Waals surface area (Å²) in [6.07, 6.45) is 10.2. The average molecular weight is 552 g/mol. The Morgan fingerprint density at radius 1 is 1.15 bits per heavy atom. The number of amides is 2. The Hall–Kier alpha value is -3.13. The van der Waals surface area contributed by atoms with Gasteiger partial charge in [-0.3, -0.25) is 14.4 Å². The van der Waals surface area contributed by atoms with E-state index < -0.39 is 5.91 Å². The maximum absolute atomic E-state index is 13.6. The molecule has 2 N–H and O–H groups in total. The number of ether oxygens (including phenoxy) is 1. The SMILES string of the molecule is C=CCOc1ccc2oc(C(=O)NCCCN3CCC(C(=O)NC(C)(C)C)(C4CCCCC4)CC3)cc(=O)c2c1. The summed E-state index contributed by atoms with van der Waals surface area (Å²) in [4.78, 5) is 41.3. The molecule has 2 aliphatic rings. The molecule has 2 amide bonds. The van der Waals surface area contributed by atoms with E-state index in [1.165, 1.54) is 25.3 Å². The van der Waals surface area contributed by atoms with Gasteiger partial charge in [0, 0.05) is 18.2 Å². The fourth-order valence-corrected chi connectivity index (χ4v) is 6.20. The second-order valence-electron chi connectivity index (χ2n) is 12.4. The van der Waals surface area contributed by atoms with Crippen LogP contribution in [-0.2, 0) is 4.79 Å². The molecule has 1 aromatic carbocycles. The van der Waals surface area contributed by atoms with Gasteiger partial charge in [-0.2, -0.15) is 0 Å². The van der Waals surface area contributed by atoms with Crippen LogP contribution in [0.25, 0.3) is 11.0 Å². The molecule has 0 radical (unpaired) electrons. The van der Waals surface area contributed by atoms with E-state index in [-0.39, 0.29) is 28.1 Å². The first kappa shape index (κ1) is 29.8. The van der Waals surface area contributed by atoms with E-state index in [4.69, 9.17) is 9.15 Å². The molecule has 4 rings (SSSR count). The third kappa shape index (κ3) is 7.33. The molecule has 1 aliphatic heterocycles. The first-order chi connectivity index (χ1) is 19.1. The lowest BCUT2D eigenvalue weighted by Gasteiger charge is -2.47. The standard InChI is InChI=1S/C32H45N3O5/c1-5-20-39-24-12-13-27-25(21-24)26(36)22-28(40-27)29(37)33-16-9-17-35-18-14-32(15-19-35,23-10-7-6-8-11-23)30(38)34-31(2,3)4/h5,12-13,21-23H,1,6-11,14-20H2,2-4H3,(H,33,37)(H,34,38). The summed E-state index contributed by atoms with van der Waals surface area (Å²) in [6.45, 7) is 13.2. The van der Waals surface area contributed by atoms with Crippen molar-refractivity contribution >= 4 is 22.8 Å². The summed E-state index contributed by atoms with van der Waals surface area (Å²) in [5.74, 6) is 0.835. The van der Waals surface area contributed by atoms with Crippen molar-refractivity contribution in [3.05, 3.63) is 52.9 Å². The van der Waals surface area contributed by atoms with Crippen molar-refractivity contribution in [3.63, 3.8) is 0 Å². The van der Waals surface area contributed by atoms with E-state index in [2.05, 4.69) is 42.9 Å². The molecule has 218 valence electrons. The van der Waals surface area contributed by atoms with E-state index in [0.29, 0.717) is 35.8 Å². The highest BCUT2D eigenvalue weighted by atomic mass is 16.5. The number of fused-ring (bicyclic) bond motifs is 1. The smallest absolute Gasteiger partial charge is 0.287 e. The van der Waals surface area contributed by atoms with Crippen molar-refractivity contribution in [2.75, 3.05) is 32.8 Å². The molecular weight excluding hydrogens is 506 g/mol. The Balaban J connectivity index is 1.28. The molecule has 40 heavy (non-hydrogen) atoms. The van der Waals surface area contributed by atoms with E-state index in [1.807, 2.05) is 0 Å². The second-order valence-corrected chi connectivity index (χ2v) is 12.4. The molecule has 0 bridgehead atoms. The zero-order valence-electron chi connectivity index (χ0n) is 24.4. The molecule has 8 nitrogen and oxygen atoms in total. The summed E-state index contributed by atoms with van der Waals surface area (Å²) >= 11 is 0. The summed E-state index contributed by atoms with van der Waals surface area (Å²) in [7, 11) is 0. The van der Waals surface area contributed by atoms with Gasteiger partial charge in [0.15, 0.2) is 11.2 Å². The number of piperidine rings is 1. The van der Waals surface area contributed by atoms with Crippen LogP contribution in [0.15, 0.2) is 46.1 Å². The molecule has 0 spiro atoms. The van der Waals surface area contributed by atoms with Crippen LogP contribution in [0.2, 0.25) is 0 Å². The van der Waals surface area contributed by atoms with Crippen LogP contribution in [-0.4, -0.2) is 55.0 Å². The number of carbonyl (C=O) groups is 2. The van der Waals surface area contributed by atoms with Crippen molar-refractivity contribution in [1.82, 2.24) is 15.5 Å². The lowest BCUT2D eigenvalue weighted by Crippen LogP contribution is -2.56. The zero-order valence-corrected chi connectivity index (χ0v) is 24.4. The maximum atomic E-state index is 13.6. The van der Waals surface area contributed by atoms with Crippen molar-refractivity contribution in [3.8, 4) is 5.75 Å². The number of hydrogen-bond acceptors (Lipinski definition) is 6. The molecular formula is C32H45N3O5. The molecule has 8 heteroatoms. The first-order valence-corrected chi connectivity index (χ1v) is 14.8. The van der Waals surface area contributed by atoms with Gasteiger partial charge in [-0.25, -0.2) is 0 Å². The van der Waals surface area contributed by atoms with Crippen molar-refractivity contribution in [2.24, 2.45) is 11.3 Å². The molecule has 1 aromatic heterocycles. The Bertz CT molecular complexity index is 1250. The molecule has 1 aliphatic carbocycles. The van der Waals surface area contributed by atoms with Crippen LogP contribution in [0.3, 0.4) is 0 Å². The lowest BCUT2D eigenvalue weighted by atomic mass is 9.63. The van der Waals surface area contributed by atoms with Crippen LogP contribution in [0.1, 0.15) is 82.7 Å². The van der Waals surface area contributed by atoms with Gasteiger partial charge in [-0.1, -0.05) is 31.9 Å². The summed E-state index contributed by atoms with van der Waals surface area (Å²) in [5, 5.41) is 6.55. The quantitative estimate of drug-likeness (QED) is 0.316. The molecule has 1 saturated carbocycles. The molecule has 2 heterocycles. The maximum Gasteiger partial charge on any atom is 0.287 e. The van der Waals surface area contributed by atoms with E-state index in [9.17, 15) is 14.4 Å². The third-order valence-corrected chi connectivity index (χ3v) is 8.30. The molecule has 2 aromatic rings. The number of nitrogens with one attached hydrogen (secondary N) is 2. The Morgan fingerprint density at radius 3 is 2.55 bits per heavy atom. The first-order valence-electron chi connectivity index (χ1n) is 14.8. The highest BCUT2D eigenvalue weighted by molar-refractivity contribution is 5.93. The van der Waals surface area contributed by atoms with E-state index >= 15 is 0 Å². The minimum atomic E-state index is -0.403. The Morgan fingerprint density at radius 2 is 1.88 bits per heavy atom. The topological polar surface area (TPSA) is 101 Å². The number of likely N-dealkylation sites (tertiary alicyclic amines) is 1. The highest BCUT2D eigenvalue weighted by Crippen LogP contribution is 2.46. The fourth-order valence-electron chi connectivity index (χ4n) is 6.20.